The van der Waals surface area contributed by atoms with Gasteiger partial charge in [0.05, 0.1) is 15.7 Å². The number of rotatable bonds is 3. The van der Waals surface area contributed by atoms with Crippen molar-refractivity contribution in [3.8, 4) is 5.75 Å². The van der Waals surface area contributed by atoms with Gasteiger partial charge in [-0.1, -0.05) is 24.7 Å². The summed E-state index contributed by atoms with van der Waals surface area (Å²) in [5, 5.41) is 0. The van der Waals surface area contributed by atoms with Crippen LogP contribution in [-0.4, -0.2) is 15.7 Å². The van der Waals surface area contributed by atoms with Crippen LogP contribution in [0.25, 0.3) is 0 Å². The van der Waals surface area contributed by atoms with Crippen molar-refractivity contribution >= 4 is 9.52 Å². The molecule has 0 heterocycles. The fourth-order valence-corrected chi connectivity index (χ4v) is 0.983. The van der Waals surface area contributed by atoms with Crippen molar-refractivity contribution in [2.45, 2.75) is 6.55 Å². The Balaban J connectivity index is 2.43. The van der Waals surface area contributed by atoms with Crippen molar-refractivity contribution in [1.29, 1.82) is 0 Å². The first-order valence-electron chi connectivity index (χ1n) is 3.26. The van der Waals surface area contributed by atoms with Crippen LogP contribution < -0.4 is 4.74 Å². The number of hydrogen-bond acceptors (Lipinski definition) is 1. The average molecular weight is 150 g/mol. The Morgan fingerprint density at radius 2 is 2.00 bits per heavy atom. The first kappa shape index (κ1) is 7.35. The molecule has 10 heavy (non-hydrogen) atoms. The molecule has 0 N–H and O–H groups in total. The van der Waals surface area contributed by atoms with Gasteiger partial charge in [-0.25, -0.2) is 0 Å². The Labute approximate surface area is 63.8 Å². The monoisotopic (exact) mass is 150 g/mol. The van der Waals surface area contributed by atoms with Gasteiger partial charge in [0.1, 0.15) is 5.75 Å². The summed E-state index contributed by atoms with van der Waals surface area (Å²) >= 11 is 0. The minimum Gasteiger partial charge on any atom is -0.498 e. The molecule has 52 valence electrons. The van der Waals surface area contributed by atoms with E-state index in [0.29, 0.717) is 0 Å². The second-order valence-electron chi connectivity index (χ2n) is 1.96. The lowest BCUT2D eigenvalue weighted by molar-refractivity contribution is 0.385. The molecule has 0 atom stereocenters. The third kappa shape index (κ3) is 2.23. The summed E-state index contributed by atoms with van der Waals surface area (Å²) in [6.07, 6.45) is 0.837. The summed E-state index contributed by atoms with van der Waals surface area (Å²) in [5.74, 6) is 0.969. The van der Waals surface area contributed by atoms with Crippen molar-refractivity contribution in [3.63, 3.8) is 0 Å². The predicted octanol–water partition coefficient (Wildman–Crippen LogP) is 1.78. The Hall–Kier alpha value is -0.763. The van der Waals surface area contributed by atoms with Crippen LogP contribution in [0.1, 0.15) is 0 Å². The lowest BCUT2D eigenvalue weighted by Crippen LogP contribution is -2.01. The molecular weight excluding hydrogens is 140 g/mol. The summed E-state index contributed by atoms with van der Waals surface area (Å²) in [6.45, 7) is 2.13. The molecule has 1 rings (SSSR count). The maximum Gasteiger partial charge on any atom is 0.118 e. The summed E-state index contributed by atoms with van der Waals surface area (Å²) in [6, 6.07) is 9.89. The number of benzene rings is 1. The fourth-order valence-electron chi connectivity index (χ4n) is 0.672. The molecule has 0 aliphatic heterocycles. The van der Waals surface area contributed by atoms with E-state index >= 15 is 0 Å². The molecule has 0 saturated heterocycles. The highest BCUT2D eigenvalue weighted by Gasteiger charge is 1.87. The van der Waals surface area contributed by atoms with Crippen LogP contribution in [0.3, 0.4) is 0 Å². The van der Waals surface area contributed by atoms with Crippen molar-refractivity contribution in [2.75, 3.05) is 6.23 Å². The van der Waals surface area contributed by atoms with E-state index in [9.17, 15) is 0 Å². The molecule has 0 aromatic heterocycles. The van der Waals surface area contributed by atoms with Gasteiger partial charge in [-0.2, -0.15) is 0 Å². The summed E-state index contributed by atoms with van der Waals surface area (Å²) in [7, 11) is 0.861. The van der Waals surface area contributed by atoms with Crippen LogP contribution >= 0.6 is 0 Å². The third-order valence-corrected chi connectivity index (χ3v) is 1.56. The summed E-state index contributed by atoms with van der Waals surface area (Å²) in [5.41, 5.74) is 0. The maximum atomic E-state index is 5.37. The Morgan fingerprint density at radius 3 is 2.60 bits per heavy atom. The van der Waals surface area contributed by atoms with Crippen LogP contribution in [-0.2, 0) is 0 Å². The van der Waals surface area contributed by atoms with Gasteiger partial charge in [0, 0.05) is 0 Å². The zero-order valence-electron chi connectivity index (χ0n) is 6.00. The molecule has 0 saturated carbocycles. The molecule has 0 spiro atoms. The molecule has 0 amide bonds. The molecular formula is C8H10OSi. The topological polar surface area (TPSA) is 9.23 Å². The molecule has 1 aromatic rings. The molecule has 2 heteroatoms. The van der Waals surface area contributed by atoms with Gasteiger partial charge < -0.3 is 4.74 Å². The van der Waals surface area contributed by atoms with Gasteiger partial charge in [0.15, 0.2) is 0 Å². The lowest BCUT2D eigenvalue weighted by atomic mass is 10.3. The third-order valence-electron chi connectivity index (χ3n) is 1.13. The summed E-state index contributed by atoms with van der Waals surface area (Å²) < 4.78 is 5.37. The van der Waals surface area contributed by atoms with Gasteiger partial charge in [-0.15, -0.1) is 0 Å². The first-order chi connectivity index (χ1) is 4.93. The van der Waals surface area contributed by atoms with Crippen LogP contribution in [0, 0.1) is 0 Å². The van der Waals surface area contributed by atoms with Crippen molar-refractivity contribution in [1.82, 2.24) is 0 Å². The van der Waals surface area contributed by atoms with E-state index in [4.69, 9.17) is 4.74 Å². The Morgan fingerprint density at radius 1 is 1.30 bits per heavy atom. The SMILES string of the molecule is C[Si]COc1ccccc1. The maximum absolute atomic E-state index is 5.37. The Bertz CT molecular complexity index is 174. The minimum absolute atomic E-state index is 0.837. The molecule has 1 nitrogen and oxygen atoms in total. The zero-order valence-corrected chi connectivity index (χ0v) is 7.00. The molecule has 0 bridgehead atoms. The standard InChI is InChI=1S/C8H10OSi/c1-10-7-9-8-5-3-2-4-6-8/h2-6H,7H2,1H3. The molecule has 1 aromatic carbocycles. The van der Waals surface area contributed by atoms with E-state index in [1.165, 1.54) is 0 Å². The Kier molecular flexibility index (Phi) is 3.02. The van der Waals surface area contributed by atoms with E-state index < -0.39 is 0 Å². The van der Waals surface area contributed by atoms with Crippen molar-refractivity contribution in [3.05, 3.63) is 30.3 Å². The van der Waals surface area contributed by atoms with Crippen LogP contribution in [0.2, 0.25) is 6.55 Å². The molecule has 0 aliphatic carbocycles. The van der Waals surface area contributed by atoms with E-state index in [-0.39, 0.29) is 0 Å². The molecule has 2 radical (unpaired) electrons. The van der Waals surface area contributed by atoms with Gasteiger partial charge in [0.2, 0.25) is 0 Å². The number of ether oxygens (including phenoxy) is 1. The average Bonchev–Trinajstić information content (AvgIpc) is 2.03. The van der Waals surface area contributed by atoms with Crippen molar-refractivity contribution in [2.24, 2.45) is 0 Å². The first-order valence-corrected chi connectivity index (χ1v) is 4.96. The van der Waals surface area contributed by atoms with Gasteiger partial charge in [-0.3, -0.25) is 0 Å². The van der Waals surface area contributed by atoms with Crippen LogP contribution in [0.15, 0.2) is 30.3 Å². The highest BCUT2D eigenvalue weighted by atomic mass is 28.2. The number of para-hydroxylation sites is 1. The highest BCUT2D eigenvalue weighted by Crippen LogP contribution is 2.06. The minimum atomic E-state index is 0.837. The van der Waals surface area contributed by atoms with Gasteiger partial charge in [-0.05, 0) is 12.1 Å². The second-order valence-corrected chi connectivity index (χ2v) is 2.95. The van der Waals surface area contributed by atoms with E-state index in [1.807, 2.05) is 30.3 Å². The lowest BCUT2D eigenvalue weighted by Gasteiger charge is -2.01. The van der Waals surface area contributed by atoms with Gasteiger partial charge >= 0.3 is 0 Å². The predicted molar refractivity (Wildman–Crippen MR) is 43.6 cm³/mol. The van der Waals surface area contributed by atoms with Gasteiger partial charge in [0.25, 0.3) is 0 Å². The quantitative estimate of drug-likeness (QED) is 0.597. The normalized spacial score (nSPS) is 9.30. The summed E-state index contributed by atoms with van der Waals surface area (Å²) in [4.78, 5) is 0. The number of hydrogen-bond donors (Lipinski definition) is 0. The second kappa shape index (κ2) is 4.12. The van der Waals surface area contributed by atoms with Crippen LogP contribution in [0.4, 0.5) is 0 Å². The molecule has 0 fully saturated rings. The molecule has 0 aliphatic rings. The fraction of sp³-hybridized carbons (Fsp3) is 0.250. The highest BCUT2D eigenvalue weighted by molar-refractivity contribution is 6.33. The zero-order chi connectivity index (χ0) is 7.23. The largest absolute Gasteiger partial charge is 0.498 e. The van der Waals surface area contributed by atoms with Crippen molar-refractivity contribution < 1.29 is 4.74 Å². The molecule has 0 unspecified atom stereocenters. The van der Waals surface area contributed by atoms with E-state index in [2.05, 4.69) is 6.55 Å². The van der Waals surface area contributed by atoms with E-state index in [1.54, 1.807) is 0 Å². The van der Waals surface area contributed by atoms with Crippen LogP contribution in [0.5, 0.6) is 5.75 Å². The van der Waals surface area contributed by atoms with E-state index in [0.717, 1.165) is 21.5 Å². The smallest absolute Gasteiger partial charge is 0.118 e.